The summed E-state index contributed by atoms with van der Waals surface area (Å²) in [7, 11) is 0. The Morgan fingerprint density at radius 1 is 1.12 bits per heavy atom. The lowest BCUT2D eigenvalue weighted by Crippen LogP contribution is -2.06. The molecule has 3 aromatic carbocycles. The molecule has 0 saturated carbocycles. The molecule has 0 bridgehead atoms. The van der Waals surface area contributed by atoms with Gasteiger partial charge >= 0.3 is 5.97 Å². The number of fused-ring (bicyclic) bond motifs is 1. The zero-order valence-corrected chi connectivity index (χ0v) is 14.4. The van der Waals surface area contributed by atoms with Gasteiger partial charge in [0.15, 0.2) is 0 Å². The maximum Gasteiger partial charge on any atom is 0.335 e. The zero-order chi connectivity index (χ0) is 17.8. The van der Waals surface area contributed by atoms with E-state index in [9.17, 15) is 9.90 Å². The fraction of sp³-hybridized carbons (Fsp3) is 0.190. The first-order valence-electron chi connectivity index (χ1n) is 8.31. The number of hydrogen-bond acceptors (Lipinski definition) is 3. The Bertz CT molecular complexity index is 918. The highest BCUT2D eigenvalue weighted by Crippen LogP contribution is 2.29. The number of aromatic carboxylic acids is 1. The van der Waals surface area contributed by atoms with Crippen LogP contribution in [0.2, 0.25) is 0 Å². The number of aryl methyl sites for hydroxylation is 1. The molecule has 0 aliphatic carbocycles. The average molecular weight is 335 g/mol. The molecule has 25 heavy (non-hydrogen) atoms. The normalized spacial score (nSPS) is 10.6. The largest absolute Gasteiger partial charge is 0.494 e. The van der Waals surface area contributed by atoms with Crippen molar-refractivity contribution >= 4 is 22.4 Å². The van der Waals surface area contributed by atoms with E-state index in [2.05, 4.69) is 23.5 Å². The van der Waals surface area contributed by atoms with Crippen molar-refractivity contribution in [3.05, 3.63) is 71.3 Å². The molecule has 128 valence electrons. The number of ether oxygens (including phenoxy) is 1. The van der Waals surface area contributed by atoms with E-state index in [0.29, 0.717) is 13.2 Å². The van der Waals surface area contributed by atoms with Gasteiger partial charge in [-0.15, -0.1) is 0 Å². The van der Waals surface area contributed by atoms with Crippen molar-refractivity contribution in [3.8, 4) is 5.75 Å². The third kappa shape index (κ3) is 3.58. The van der Waals surface area contributed by atoms with Crippen molar-refractivity contribution in [1.29, 1.82) is 0 Å². The standard InChI is InChI=1S/C21H21NO3/c1-3-25-20-11-10-15-6-4-5-7-17(15)18(20)13-22-19-12-16(21(23)24)9-8-14(19)2/h4-12,22H,3,13H2,1-2H3,(H,23,24). The molecule has 3 rings (SSSR count). The van der Waals surface area contributed by atoms with E-state index >= 15 is 0 Å². The van der Waals surface area contributed by atoms with Crippen molar-refractivity contribution in [1.82, 2.24) is 0 Å². The van der Waals surface area contributed by atoms with E-state index in [-0.39, 0.29) is 5.56 Å². The Morgan fingerprint density at radius 3 is 2.68 bits per heavy atom. The van der Waals surface area contributed by atoms with E-state index in [1.807, 2.05) is 38.1 Å². The molecule has 2 N–H and O–H groups in total. The van der Waals surface area contributed by atoms with Gasteiger partial charge in [0.2, 0.25) is 0 Å². The summed E-state index contributed by atoms with van der Waals surface area (Å²) in [5.41, 5.74) is 3.16. The molecular weight excluding hydrogens is 314 g/mol. The number of anilines is 1. The molecule has 0 aromatic heterocycles. The number of carboxylic acids is 1. The second-order valence-electron chi connectivity index (χ2n) is 5.88. The third-order valence-corrected chi connectivity index (χ3v) is 4.24. The van der Waals surface area contributed by atoms with Gasteiger partial charge in [-0.05, 0) is 48.4 Å². The average Bonchev–Trinajstić information content (AvgIpc) is 2.62. The molecular formula is C21H21NO3. The third-order valence-electron chi connectivity index (χ3n) is 4.24. The second-order valence-corrected chi connectivity index (χ2v) is 5.88. The van der Waals surface area contributed by atoms with Crippen LogP contribution in [-0.4, -0.2) is 17.7 Å². The van der Waals surface area contributed by atoms with Crippen LogP contribution in [0.5, 0.6) is 5.75 Å². The molecule has 0 radical (unpaired) electrons. The molecule has 3 aromatic rings. The van der Waals surface area contributed by atoms with Crippen LogP contribution in [-0.2, 0) is 6.54 Å². The van der Waals surface area contributed by atoms with E-state index in [1.165, 1.54) is 0 Å². The van der Waals surface area contributed by atoms with Gasteiger partial charge in [-0.25, -0.2) is 4.79 Å². The quantitative estimate of drug-likeness (QED) is 0.675. The fourth-order valence-electron chi connectivity index (χ4n) is 2.92. The second kappa shape index (κ2) is 7.26. The molecule has 0 aliphatic heterocycles. The van der Waals surface area contributed by atoms with Crippen LogP contribution in [0.25, 0.3) is 10.8 Å². The summed E-state index contributed by atoms with van der Waals surface area (Å²) in [5.74, 6) is -0.0797. The smallest absolute Gasteiger partial charge is 0.335 e. The molecule has 0 saturated heterocycles. The zero-order valence-electron chi connectivity index (χ0n) is 14.4. The van der Waals surface area contributed by atoms with Crippen molar-refractivity contribution < 1.29 is 14.6 Å². The lowest BCUT2D eigenvalue weighted by molar-refractivity contribution is 0.0697. The summed E-state index contributed by atoms with van der Waals surface area (Å²) in [6, 6.07) is 17.3. The minimum absolute atomic E-state index is 0.274. The molecule has 0 fully saturated rings. The predicted molar refractivity (Wildman–Crippen MR) is 101 cm³/mol. The highest BCUT2D eigenvalue weighted by atomic mass is 16.5. The van der Waals surface area contributed by atoms with Gasteiger partial charge in [0, 0.05) is 17.8 Å². The molecule has 0 unspecified atom stereocenters. The topological polar surface area (TPSA) is 58.6 Å². The van der Waals surface area contributed by atoms with Gasteiger partial charge in [0.25, 0.3) is 0 Å². The first-order valence-corrected chi connectivity index (χ1v) is 8.31. The number of carbonyl (C=O) groups is 1. The van der Waals surface area contributed by atoms with Crippen molar-refractivity contribution in [2.75, 3.05) is 11.9 Å². The van der Waals surface area contributed by atoms with E-state index < -0.39 is 5.97 Å². The summed E-state index contributed by atoms with van der Waals surface area (Å²) in [6.45, 7) is 5.08. The Balaban J connectivity index is 1.96. The van der Waals surface area contributed by atoms with Gasteiger partial charge < -0.3 is 15.2 Å². The van der Waals surface area contributed by atoms with Crippen LogP contribution in [0.15, 0.2) is 54.6 Å². The predicted octanol–water partition coefficient (Wildman–Crippen LogP) is 4.86. The monoisotopic (exact) mass is 335 g/mol. The van der Waals surface area contributed by atoms with Gasteiger partial charge in [-0.1, -0.05) is 36.4 Å². The first kappa shape index (κ1) is 16.8. The highest BCUT2D eigenvalue weighted by Gasteiger charge is 2.11. The van der Waals surface area contributed by atoms with Crippen molar-refractivity contribution in [3.63, 3.8) is 0 Å². The fourth-order valence-corrected chi connectivity index (χ4v) is 2.92. The molecule has 0 heterocycles. The number of hydrogen-bond donors (Lipinski definition) is 2. The van der Waals surface area contributed by atoms with Gasteiger partial charge in [-0.2, -0.15) is 0 Å². The number of nitrogens with one attached hydrogen (secondary N) is 1. The maximum atomic E-state index is 11.2. The van der Waals surface area contributed by atoms with Crippen LogP contribution in [0, 0.1) is 6.92 Å². The molecule has 0 aliphatic rings. The van der Waals surface area contributed by atoms with E-state index in [4.69, 9.17) is 4.74 Å². The van der Waals surface area contributed by atoms with Gasteiger partial charge in [-0.3, -0.25) is 0 Å². The summed E-state index contributed by atoms with van der Waals surface area (Å²) >= 11 is 0. The van der Waals surface area contributed by atoms with Gasteiger partial charge in [0.1, 0.15) is 5.75 Å². The van der Waals surface area contributed by atoms with E-state index in [1.54, 1.807) is 12.1 Å². The summed E-state index contributed by atoms with van der Waals surface area (Å²) in [6.07, 6.45) is 0. The van der Waals surface area contributed by atoms with Crippen LogP contribution >= 0.6 is 0 Å². The minimum atomic E-state index is -0.928. The first-order chi connectivity index (χ1) is 12.1. The Morgan fingerprint density at radius 2 is 1.92 bits per heavy atom. The summed E-state index contributed by atoms with van der Waals surface area (Å²) in [5, 5.41) is 14.8. The molecule has 0 amide bonds. The van der Waals surface area contributed by atoms with Crippen molar-refractivity contribution in [2.45, 2.75) is 20.4 Å². The maximum absolute atomic E-state index is 11.2. The number of carboxylic acid groups (broad SMARTS) is 1. The highest BCUT2D eigenvalue weighted by molar-refractivity contribution is 5.90. The SMILES string of the molecule is CCOc1ccc2ccccc2c1CNc1cc(C(=O)O)ccc1C. The Labute approximate surface area is 147 Å². The Hall–Kier alpha value is -3.01. The lowest BCUT2D eigenvalue weighted by atomic mass is 10.0. The van der Waals surface area contributed by atoms with Crippen LogP contribution in [0.4, 0.5) is 5.69 Å². The Kier molecular flexibility index (Phi) is 4.89. The van der Waals surface area contributed by atoms with Crippen LogP contribution < -0.4 is 10.1 Å². The molecule has 4 nitrogen and oxygen atoms in total. The molecule has 0 spiro atoms. The van der Waals surface area contributed by atoms with Crippen molar-refractivity contribution in [2.24, 2.45) is 0 Å². The van der Waals surface area contributed by atoms with Gasteiger partial charge in [0.05, 0.1) is 12.2 Å². The molecule has 4 heteroatoms. The van der Waals surface area contributed by atoms with Crippen LogP contribution in [0.3, 0.4) is 0 Å². The lowest BCUT2D eigenvalue weighted by Gasteiger charge is -2.16. The van der Waals surface area contributed by atoms with E-state index in [0.717, 1.165) is 33.3 Å². The summed E-state index contributed by atoms with van der Waals surface area (Å²) in [4.78, 5) is 11.2. The molecule has 0 atom stereocenters. The minimum Gasteiger partial charge on any atom is -0.494 e. The number of benzene rings is 3. The summed E-state index contributed by atoms with van der Waals surface area (Å²) < 4.78 is 5.79. The van der Waals surface area contributed by atoms with Crippen LogP contribution in [0.1, 0.15) is 28.4 Å². The number of rotatable bonds is 6.